The first kappa shape index (κ1) is 22.6. The second kappa shape index (κ2) is 8.10. The van der Waals surface area contributed by atoms with Gasteiger partial charge in [0, 0.05) is 34.0 Å². The van der Waals surface area contributed by atoms with Crippen molar-refractivity contribution in [2.45, 2.75) is 55.5 Å². The third kappa shape index (κ3) is 4.48. The Hall–Kier alpha value is -2.55. The zero-order valence-corrected chi connectivity index (χ0v) is 18.5. The molecule has 2 fully saturated rings. The van der Waals surface area contributed by atoms with Crippen LogP contribution in [-0.2, 0) is 15.8 Å². The number of pyridine rings is 1. The van der Waals surface area contributed by atoms with Crippen LogP contribution in [0.1, 0.15) is 37.4 Å². The molecular weight excluding hydrogens is 441 g/mol. The van der Waals surface area contributed by atoms with E-state index >= 15 is 0 Å². The summed E-state index contributed by atoms with van der Waals surface area (Å²) in [6.07, 6.45) is -1.48. The van der Waals surface area contributed by atoms with Crippen LogP contribution >= 0.6 is 11.8 Å². The van der Waals surface area contributed by atoms with E-state index in [2.05, 4.69) is 4.98 Å². The predicted octanol–water partition coefficient (Wildman–Crippen LogP) is 5.02. The molecule has 1 saturated heterocycles. The van der Waals surface area contributed by atoms with Crippen molar-refractivity contribution < 1.29 is 27.9 Å². The van der Waals surface area contributed by atoms with Crippen LogP contribution in [-0.4, -0.2) is 44.7 Å². The van der Waals surface area contributed by atoms with Crippen LogP contribution in [0.2, 0.25) is 0 Å². The molecule has 170 valence electrons. The summed E-state index contributed by atoms with van der Waals surface area (Å²) >= 11 is 0.996. The number of rotatable bonds is 5. The molecule has 1 aromatic carbocycles. The Morgan fingerprint density at radius 2 is 1.88 bits per heavy atom. The number of carbonyl (C=O) groups is 2. The van der Waals surface area contributed by atoms with Gasteiger partial charge in [-0.2, -0.15) is 13.2 Å². The fourth-order valence-electron chi connectivity index (χ4n) is 4.03. The molecule has 5 nitrogen and oxygen atoms in total. The van der Waals surface area contributed by atoms with Gasteiger partial charge < -0.3 is 10.0 Å². The molecule has 4 rings (SSSR count). The average Bonchev–Trinajstić information content (AvgIpc) is 3.33. The summed E-state index contributed by atoms with van der Waals surface area (Å²) in [5.74, 6) is -1.34. The van der Waals surface area contributed by atoms with Crippen LogP contribution in [0.15, 0.2) is 41.4 Å². The zero-order chi connectivity index (χ0) is 23.3. The topological polar surface area (TPSA) is 70.5 Å². The molecule has 1 amide bonds. The van der Waals surface area contributed by atoms with Crippen molar-refractivity contribution >= 4 is 23.6 Å². The van der Waals surface area contributed by atoms with Gasteiger partial charge in [0.25, 0.3) is 0 Å². The SMILES string of the molecule is Cc1cc(-c2ccc(S[C@@H]3C[C@@H](C(=O)O)N(C(=O)C4(C)CC4)C3)c(C(F)(F)F)c2)ccn1. The van der Waals surface area contributed by atoms with Crippen molar-refractivity contribution in [1.82, 2.24) is 9.88 Å². The standard InChI is InChI=1S/C23H23F3N2O3S/c1-13-9-15(5-8-27-13)14-3-4-19(17(10-14)23(24,25)26)32-16-11-18(20(29)30)28(12-16)21(31)22(2)6-7-22/h3-5,8-10,16,18H,6-7,11-12H2,1-2H3,(H,29,30)/t16-,18+/m1/s1. The highest BCUT2D eigenvalue weighted by Crippen LogP contribution is 2.49. The van der Waals surface area contributed by atoms with Crippen molar-refractivity contribution in [3.63, 3.8) is 0 Å². The highest BCUT2D eigenvalue weighted by atomic mass is 32.2. The average molecular weight is 465 g/mol. The van der Waals surface area contributed by atoms with Gasteiger partial charge in [-0.25, -0.2) is 4.79 Å². The molecule has 0 bridgehead atoms. The van der Waals surface area contributed by atoms with Crippen molar-refractivity contribution in [3.05, 3.63) is 47.8 Å². The van der Waals surface area contributed by atoms with Crippen molar-refractivity contribution in [2.24, 2.45) is 5.41 Å². The van der Waals surface area contributed by atoms with Gasteiger partial charge in [-0.3, -0.25) is 9.78 Å². The number of carboxylic acids is 1. The number of hydrogen-bond donors (Lipinski definition) is 1. The highest BCUT2D eigenvalue weighted by molar-refractivity contribution is 8.00. The van der Waals surface area contributed by atoms with E-state index < -0.39 is 34.4 Å². The van der Waals surface area contributed by atoms with E-state index in [9.17, 15) is 27.9 Å². The molecule has 1 aliphatic carbocycles. The first-order valence-corrected chi connectivity index (χ1v) is 11.2. The van der Waals surface area contributed by atoms with Crippen molar-refractivity contribution in [1.29, 1.82) is 0 Å². The Kier molecular flexibility index (Phi) is 5.73. The summed E-state index contributed by atoms with van der Waals surface area (Å²) in [5, 5.41) is 9.15. The monoisotopic (exact) mass is 464 g/mol. The Bertz CT molecular complexity index is 1070. The largest absolute Gasteiger partial charge is 0.480 e. The molecule has 0 unspecified atom stereocenters. The van der Waals surface area contributed by atoms with E-state index in [-0.39, 0.29) is 23.8 Å². The molecular formula is C23H23F3N2O3S. The third-order valence-corrected chi connectivity index (χ3v) is 7.42. The maximum Gasteiger partial charge on any atom is 0.417 e. The Balaban J connectivity index is 1.61. The van der Waals surface area contributed by atoms with Crippen LogP contribution < -0.4 is 0 Å². The number of alkyl halides is 3. The Morgan fingerprint density at radius 3 is 2.47 bits per heavy atom. The van der Waals surface area contributed by atoms with Gasteiger partial charge in [0.05, 0.1) is 5.56 Å². The third-order valence-electron chi connectivity index (χ3n) is 6.13. The summed E-state index contributed by atoms with van der Waals surface area (Å²) in [6, 6.07) is 6.55. The summed E-state index contributed by atoms with van der Waals surface area (Å²) in [4.78, 5) is 30.0. The molecule has 9 heteroatoms. The molecule has 2 aromatic rings. The van der Waals surface area contributed by atoms with Crippen LogP contribution in [0, 0.1) is 12.3 Å². The maximum absolute atomic E-state index is 13.9. The quantitative estimate of drug-likeness (QED) is 0.673. The minimum atomic E-state index is -4.57. The maximum atomic E-state index is 13.9. The number of likely N-dealkylation sites (tertiary alicyclic amines) is 1. The second-order valence-electron chi connectivity index (χ2n) is 8.74. The van der Waals surface area contributed by atoms with Gasteiger partial charge in [0.15, 0.2) is 0 Å². The summed E-state index contributed by atoms with van der Waals surface area (Å²) in [7, 11) is 0. The Labute approximate surface area is 188 Å². The van der Waals surface area contributed by atoms with Gasteiger partial charge in [-0.15, -0.1) is 11.8 Å². The lowest BCUT2D eigenvalue weighted by atomic mass is 10.0. The molecule has 1 aromatic heterocycles. The number of aliphatic carboxylic acids is 1. The lowest BCUT2D eigenvalue weighted by Gasteiger charge is -2.24. The second-order valence-corrected chi connectivity index (χ2v) is 10.1. The van der Waals surface area contributed by atoms with Gasteiger partial charge >= 0.3 is 12.1 Å². The number of aromatic nitrogens is 1. The fraction of sp³-hybridized carbons (Fsp3) is 0.435. The number of hydrogen-bond acceptors (Lipinski definition) is 4. The molecule has 0 radical (unpaired) electrons. The number of thioether (sulfide) groups is 1. The lowest BCUT2D eigenvalue weighted by Crippen LogP contribution is -2.43. The van der Waals surface area contributed by atoms with Crippen LogP contribution in [0.3, 0.4) is 0 Å². The van der Waals surface area contributed by atoms with E-state index in [1.165, 1.54) is 11.0 Å². The van der Waals surface area contributed by atoms with E-state index in [1.807, 2.05) is 0 Å². The minimum absolute atomic E-state index is 0.0353. The van der Waals surface area contributed by atoms with E-state index in [0.29, 0.717) is 29.7 Å². The molecule has 1 aliphatic heterocycles. The zero-order valence-electron chi connectivity index (χ0n) is 17.6. The number of halogens is 3. The normalized spacial score (nSPS) is 22.1. The minimum Gasteiger partial charge on any atom is -0.480 e. The lowest BCUT2D eigenvalue weighted by molar-refractivity contribution is -0.150. The predicted molar refractivity (Wildman–Crippen MR) is 114 cm³/mol. The number of carboxylic acid groups (broad SMARTS) is 1. The molecule has 32 heavy (non-hydrogen) atoms. The van der Waals surface area contributed by atoms with Crippen LogP contribution in [0.4, 0.5) is 13.2 Å². The number of aryl methyl sites for hydroxylation is 1. The Morgan fingerprint density at radius 1 is 1.19 bits per heavy atom. The van der Waals surface area contributed by atoms with Gasteiger partial charge in [0.2, 0.25) is 5.91 Å². The fourth-order valence-corrected chi connectivity index (χ4v) is 5.35. The van der Waals surface area contributed by atoms with Gasteiger partial charge in [-0.05, 0) is 61.6 Å². The van der Waals surface area contributed by atoms with Crippen LogP contribution in [0.5, 0.6) is 0 Å². The van der Waals surface area contributed by atoms with E-state index in [0.717, 1.165) is 17.8 Å². The summed E-state index contributed by atoms with van der Waals surface area (Å²) in [5.41, 5.74) is 0.477. The van der Waals surface area contributed by atoms with Gasteiger partial charge in [0.1, 0.15) is 6.04 Å². The molecule has 0 spiro atoms. The summed E-state index contributed by atoms with van der Waals surface area (Å²) in [6.45, 7) is 3.70. The number of amides is 1. The van der Waals surface area contributed by atoms with Crippen molar-refractivity contribution in [3.8, 4) is 11.1 Å². The molecule has 1 saturated carbocycles. The molecule has 2 aliphatic rings. The van der Waals surface area contributed by atoms with Crippen molar-refractivity contribution in [2.75, 3.05) is 6.54 Å². The molecule has 2 heterocycles. The number of benzene rings is 1. The van der Waals surface area contributed by atoms with E-state index in [4.69, 9.17) is 0 Å². The highest BCUT2D eigenvalue weighted by Gasteiger charge is 2.52. The smallest absolute Gasteiger partial charge is 0.417 e. The molecule has 2 atom stereocenters. The van der Waals surface area contributed by atoms with E-state index in [1.54, 1.807) is 38.2 Å². The first-order valence-electron chi connectivity index (χ1n) is 10.3. The number of nitrogens with zero attached hydrogens (tertiary/aromatic N) is 2. The van der Waals surface area contributed by atoms with Gasteiger partial charge in [-0.1, -0.05) is 13.0 Å². The van der Waals surface area contributed by atoms with Crippen LogP contribution in [0.25, 0.3) is 11.1 Å². The number of carbonyl (C=O) groups excluding carboxylic acids is 1. The first-order chi connectivity index (χ1) is 15.0. The summed E-state index contributed by atoms with van der Waals surface area (Å²) < 4.78 is 41.7. The molecule has 1 N–H and O–H groups in total.